The number of ether oxygens (including phenoxy) is 3. The largest absolute Gasteiger partial charge is 0.450 e. The van der Waals surface area contributed by atoms with Gasteiger partial charge >= 0.3 is 18.3 Å². The number of allylic oxidation sites excluding steroid dienone is 3. The van der Waals surface area contributed by atoms with Crippen LogP contribution >= 0.6 is 22.7 Å². The van der Waals surface area contributed by atoms with E-state index in [4.69, 9.17) is 14.2 Å². The highest BCUT2D eigenvalue weighted by Gasteiger charge is 2.44. The van der Waals surface area contributed by atoms with Crippen molar-refractivity contribution in [2.45, 2.75) is 134 Å². The Labute approximate surface area is 602 Å². The molecule has 6 aliphatic carbocycles. The molecule has 14 nitrogen and oxygen atoms in total. The van der Waals surface area contributed by atoms with Crippen LogP contribution in [-0.2, 0) is 33.5 Å². The average Bonchev–Trinajstić information content (AvgIpc) is 1.29. The molecule has 0 saturated heterocycles. The minimum absolute atomic E-state index is 0.145. The second-order valence-electron chi connectivity index (χ2n) is 27.5. The number of nitrogens with zero attached hydrogens (tertiary/aromatic N) is 4. The van der Waals surface area contributed by atoms with Crippen LogP contribution < -0.4 is 16.0 Å². The summed E-state index contributed by atoms with van der Waals surface area (Å²) in [6.07, 6.45) is 31.5. The van der Waals surface area contributed by atoms with E-state index >= 15 is 0 Å². The average molecular weight is 1410 g/mol. The van der Waals surface area contributed by atoms with E-state index in [0.717, 1.165) is 133 Å². The molecule has 0 radical (unpaired) electrons. The number of hydrogen-bond acceptors (Lipinski definition) is 12. The van der Waals surface area contributed by atoms with Crippen molar-refractivity contribution < 1.29 is 41.8 Å². The highest BCUT2D eigenvalue weighted by molar-refractivity contribution is 7.10. The summed E-state index contributed by atoms with van der Waals surface area (Å²) in [5.41, 5.74) is 14.4. The van der Waals surface area contributed by atoms with Gasteiger partial charge in [0.15, 0.2) is 0 Å². The molecule has 528 valence electrons. The Morgan fingerprint density at radius 2 is 0.922 bits per heavy atom. The summed E-state index contributed by atoms with van der Waals surface area (Å²) < 4.78 is 55.9. The first kappa shape index (κ1) is 71.0. The van der Waals surface area contributed by atoms with Gasteiger partial charge in [-0.05, 0) is 262 Å². The summed E-state index contributed by atoms with van der Waals surface area (Å²) in [6.45, 7) is 6.65. The lowest BCUT2D eigenvalue weighted by molar-refractivity contribution is 0.128. The molecule has 0 bridgehead atoms. The molecule has 3 amide bonds. The van der Waals surface area contributed by atoms with E-state index in [0.29, 0.717) is 67.2 Å². The van der Waals surface area contributed by atoms with Crippen LogP contribution in [0.2, 0.25) is 0 Å². The molecule has 0 aliphatic heterocycles. The van der Waals surface area contributed by atoms with Crippen LogP contribution in [0.15, 0.2) is 175 Å². The molecule has 3 fully saturated rings. The number of amides is 3. The molecule has 3 saturated carbocycles. The molecule has 6 aliphatic rings. The maximum absolute atomic E-state index is 13.6. The number of thiophene rings is 2. The monoisotopic (exact) mass is 1410 g/mol. The molecule has 102 heavy (non-hydrogen) atoms. The van der Waals surface area contributed by atoms with Crippen molar-refractivity contribution in [1.82, 2.24) is 40.9 Å². The van der Waals surface area contributed by atoms with Gasteiger partial charge in [-0.1, -0.05) is 72.8 Å². The van der Waals surface area contributed by atoms with E-state index < -0.39 is 0 Å². The minimum Gasteiger partial charge on any atom is -0.450 e. The smallest absolute Gasteiger partial charge is 0.407 e. The Kier molecular flexibility index (Phi) is 23.3. The molecule has 19 heteroatoms. The van der Waals surface area contributed by atoms with Gasteiger partial charge in [0.2, 0.25) is 0 Å². The third kappa shape index (κ3) is 17.5. The van der Waals surface area contributed by atoms with Gasteiger partial charge < -0.3 is 35.1 Å². The van der Waals surface area contributed by atoms with Gasteiger partial charge in [-0.3, -0.25) is 15.0 Å². The number of imidazole rings is 1. The van der Waals surface area contributed by atoms with Crippen LogP contribution in [-0.4, -0.2) is 81.1 Å². The number of fused-ring (bicyclic) bond motifs is 6. The van der Waals surface area contributed by atoms with Gasteiger partial charge in [0.05, 0.1) is 48.9 Å². The van der Waals surface area contributed by atoms with Crippen LogP contribution in [0.5, 0.6) is 0 Å². The lowest BCUT2D eigenvalue weighted by Gasteiger charge is -2.43. The van der Waals surface area contributed by atoms with Crippen LogP contribution in [0, 0.1) is 53.0 Å². The highest BCUT2D eigenvalue weighted by Crippen LogP contribution is 2.52. The SMILES string of the molecule is CCOC(=O)N[C@@H]1CC[C@@H]2[C@H](Cc3[nH]cnc3[C@H]2/C=C/c2ccc(-c3cccc(F)c3)cn2)C1.CCOC(=O)N[C@@H]1CC[C@@H]2[C@H](Cc3ccsc3[C@H]2/C=C/c2ccc(-c3cccc(F)c3)cn2)C1.CCOC(=O)N[C@@H]1CC[C@@H]2[C@H](Cc3cscc3[C@H]2/C=C/c2ccc(-c3cccc(F)c3)cn2)C1. The van der Waals surface area contributed by atoms with Crippen molar-refractivity contribution in [3.63, 3.8) is 0 Å². The number of hydrogen-bond donors (Lipinski definition) is 4. The quantitative estimate of drug-likeness (QED) is 0.0721. The molecule has 0 spiro atoms. The normalized spacial score (nSPS) is 23.8. The maximum atomic E-state index is 13.6. The molecule has 15 rings (SSSR count). The Hall–Kier alpha value is -9.46. The zero-order chi connectivity index (χ0) is 70.5. The molecular formula is C83H87F3N8O6S2. The molecular weight excluding hydrogens is 1330 g/mol. The van der Waals surface area contributed by atoms with Gasteiger partial charge in [0.25, 0.3) is 0 Å². The van der Waals surface area contributed by atoms with E-state index in [2.05, 4.69) is 99.5 Å². The van der Waals surface area contributed by atoms with E-state index in [-0.39, 0.29) is 59.8 Å². The fourth-order valence-electron chi connectivity index (χ4n) is 16.6. The first-order valence-electron chi connectivity index (χ1n) is 36.0. The number of H-pyrrole nitrogens is 1. The van der Waals surface area contributed by atoms with Crippen molar-refractivity contribution in [3.8, 4) is 33.4 Å². The molecule has 4 N–H and O–H groups in total. The van der Waals surface area contributed by atoms with E-state index in [1.165, 1.54) is 63.7 Å². The Balaban J connectivity index is 0.000000137. The Morgan fingerprint density at radius 3 is 1.37 bits per heavy atom. The van der Waals surface area contributed by atoms with Crippen LogP contribution in [0.1, 0.15) is 146 Å². The van der Waals surface area contributed by atoms with Crippen LogP contribution in [0.4, 0.5) is 27.6 Å². The van der Waals surface area contributed by atoms with E-state index in [9.17, 15) is 27.6 Å². The molecule has 9 aromatic rings. The fourth-order valence-corrected chi connectivity index (χ4v) is 18.6. The summed E-state index contributed by atoms with van der Waals surface area (Å²) in [6, 6.07) is 34.4. The molecule has 12 atom stereocenters. The third-order valence-corrected chi connectivity index (χ3v) is 23.1. The Morgan fingerprint density at radius 1 is 0.490 bits per heavy atom. The first-order chi connectivity index (χ1) is 49.8. The van der Waals surface area contributed by atoms with Crippen LogP contribution in [0.3, 0.4) is 0 Å². The number of benzene rings is 3. The zero-order valence-corrected chi connectivity index (χ0v) is 59.3. The van der Waals surface area contributed by atoms with Gasteiger partial charge in [0, 0.05) is 81.7 Å². The van der Waals surface area contributed by atoms with E-state index in [1.54, 1.807) is 54.5 Å². The number of rotatable bonds is 15. The Bertz CT molecular complexity index is 3960. The second-order valence-corrected chi connectivity index (χ2v) is 29.2. The molecule has 6 heterocycles. The number of pyridine rings is 3. The topological polar surface area (TPSA) is 182 Å². The predicted octanol–water partition coefficient (Wildman–Crippen LogP) is 19.2. The summed E-state index contributed by atoms with van der Waals surface area (Å²) in [4.78, 5) is 59.0. The predicted molar refractivity (Wildman–Crippen MR) is 397 cm³/mol. The maximum Gasteiger partial charge on any atom is 0.407 e. The molecule has 6 aromatic heterocycles. The second kappa shape index (κ2) is 33.6. The zero-order valence-electron chi connectivity index (χ0n) is 57.7. The first-order valence-corrected chi connectivity index (χ1v) is 37.8. The van der Waals surface area contributed by atoms with Crippen LogP contribution in [0.25, 0.3) is 51.6 Å². The third-order valence-electron chi connectivity index (χ3n) is 21.3. The summed E-state index contributed by atoms with van der Waals surface area (Å²) >= 11 is 3.62. The van der Waals surface area contributed by atoms with E-state index in [1.807, 2.05) is 86.7 Å². The summed E-state index contributed by atoms with van der Waals surface area (Å²) in [5.74, 6) is 3.32. The lowest BCUT2D eigenvalue weighted by atomic mass is 9.63. The van der Waals surface area contributed by atoms with Gasteiger partial charge in [-0.15, -0.1) is 11.3 Å². The lowest BCUT2D eigenvalue weighted by Crippen LogP contribution is -2.44. The number of carbonyl (C=O) groups excluding carboxylic acids is 3. The van der Waals surface area contributed by atoms with Gasteiger partial charge in [-0.25, -0.2) is 32.5 Å². The van der Waals surface area contributed by atoms with Gasteiger partial charge in [-0.2, -0.15) is 11.3 Å². The number of aromatic nitrogens is 5. The molecule has 0 unspecified atom stereocenters. The van der Waals surface area contributed by atoms with Crippen molar-refractivity contribution in [2.24, 2.45) is 35.5 Å². The number of halogens is 3. The number of nitrogens with one attached hydrogen (secondary N) is 4. The van der Waals surface area contributed by atoms with Crippen molar-refractivity contribution in [2.75, 3.05) is 19.8 Å². The molecule has 3 aromatic carbocycles. The van der Waals surface area contributed by atoms with Crippen molar-refractivity contribution in [3.05, 3.63) is 242 Å². The number of alkyl carbamates (subject to hydrolysis) is 3. The van der Waals surface area contributed by atoms with Crippen molar-refractivity contribution >= 4 is 59.2 Å². The number of carbonyl (C=O) groups is 3. The summed E-state index contributed by atoms with van der Waals surface area (Å²) in [7, 11) is 0. The van der Waals surface area contributed by atoms with Gasteiger partial charge in [0.1, 0.15) is 17.5 Å². The number of aromatic amines is 1. The standard InChI is InChI=1S/2C28H29FN2O2S.C27H29FN4O2/c1-2-33-28(32)31-24-9-10-25-20(14-24)12-21-16-34-17-27(21)26(25)11-8-23-7-6-19(15-30-23)18-4-3-5-22(29)13-18;1-2-33-28(32)31-24-9-10-25-21(16-24)14-19-12-13-34-27(19)26(25)11-8-23-7-6-20(17-30-23)18-4-3-5-22(29)15-18;1-2-34-27(33)32-22-9-10-23-19(13-22)14-25-26(31-16-30-25)24(23)11-8-21-7-6-18(15-29-21)17-4-3-5-20(28)12-17/h3-8,11,13,15-17,20,24-26H,2,9-10,12,14H2,1H3,(H,31,32);3-8,11-13,15,17,21,24-26H,2,9-10,14,16H2,1H3,(H,31,32);3-8,11-12,15-16,19,22-24H,2,9-10,13-14H2,1H3,(H,30,31)(H,32,33)/b3*11-8+/t20-,24-,25-,26+;21-,24-,25-,26+;19-,22+,23+,24-/m110/s1. The highest BCUT2D eigenvalue weighted by atomic mass is 32.1. The summed E-state index contributed by atoms with van der Waals surface area (Å²) in [5, 5.41) is 15.9. The van der Waals surface area contributed by atoms with Crippen molar-refractivity contribution in [1.29, 1.82) is 0 Å². The minimum atomic E-state index is -0.326. The fraction of sp³-hybridized carbons (Fsp3) is 0.361.